The number of hydrogen-bond donors (Lipinski definition) is 1. The predicted octanol–water partition coefficient (Wildman–Crippen LogP) is 4.35. The summed E-state index contributed by atoms with van der Waals surface area (Å²) in [7, 11) is 0. The molecule has 0 aliphatic carbocycles. The van der Waals surface area contributed by atoms with E-state index in [1.165, 1.54) is 24.3 Å². The van der Waals surface area contributed by atoms with Crippen LogP contribution < -0.4 is 5.56 Å². The summed E-state index contributed by atoms with van der Waals surface area (Å²) in [6.45, 7) is 3.47. The lowest BCUT2D eigenvalue weighted by atomic mass is 10.1. The van der Waals surface area contributed by atoms with Gasteiger partial charge >= 0.3 is 0 Å². The van der Waals surface area contributed by atoms with Gasteiger partial charge in [0.25, 0.3) is 5.56 Å². The number of nitrogens with zero attached hydrogens (tertiary/aromatic N) is 5. The summed E-state index contributed by atoms with van der Waals surface area (Å²) in [5.74, 6) is -0.0265. The van der Waals surface area contributed by atoms with Gasteiger partial charge in [0.15, 0.2) is 5.82 Å². The summed E-state index contributed by atoms with van der Waals surface area (Å²) in [4.78, 5) is 18.0. The molecule has 9 heteroatoms. The predicted molar refractivity (Wildman–Crippen MR) is 132 cm³/mol. The molecule has 0 unspecified atom stereocenters. The molecule has 2 aromatic heterocycles. The lowest BCUT2D eigenvalue weighted by molar-refractivity contribution is 0.236. The number of nitrogens with one attached hydrogen (secondary N) is 1. The molecule has 5 aromatic rings. The van der Waals surface area contributed by atoms with E-state index in [0.29, 0.717) is 37.6 Å². The van der Waals surface area contributed by atoms with Crippen molar-refractivity contribution in [1.82, 2.24) is 30.1 Å². The van der Waals surface area contributed by atoms with Crippen molar-refractivity contribution >= 4 is 10.9 Å². The number of aromatic nitrogens is 5. The largest absolute Gasteiger partial charge is 0.321 e. The molecule has 0 amide bonds. The first-order valence-electron chi connectivity index (χ1n) is 11.5. The van der Waals surface area contributed by atoms with Crippen molar-refractivity contribution in [3.63, 3.8) is 0 Å². The van der Waals surface area contributed by atoms with Crippen molar-refractivity contribution in [2.75, 3.05) is 0 Å². The van der Waals surface area contributed by atoms with Crippen molar-refractivity contribution in [1.29, 1.82) is 0 Å². The smallest absolute Gasteiger partial charge is 0.252 e. The van der Waals surface area contributed by atoms with E-state index in [-0.39, 0.29) is 17.2 Å². The Bertz CT molecular complexity index is 1540. The summed E-state index contributed by atoms with van der Waals surface area (Å²) in [6, 6.07) is 20.2. The van der Waals surface area contributed by atoms with Gasteiger partial charge in [0, 0.05) is 18.7 Å². The fourth-order valence-corrected chi connectivity index (χ4v) is 4.22. The molecule has 0 fully saturated rings. The topological polar surface area (TPSA) is 79.7 Å². The first-order valence-corrected chi connectivity index (χ1v) is 11.5. The molecule has 0 atom stereocenters. The molecule has 1 N–H and O–H groups in total. The zero-order chi connectivity index (χ0) is 25.1. The minimum absolute atomic E-state index is 0.160. The zero-order valence-corrected chi connectivity index (χ0v) is 19.7. The first-order chi connectivity index (χ1) is 17.4. The van der Waals surface area contributed by atoms with Gasteiger partial charge in [-0.25, -0.2) is 13.5 Å². The molecule has 0 spiro atoms. The first kappa shape index (κ1) is 23.5. The number of aryl methyl sites for hydroxylation is 1. The number of tetrazole rings is 1. The fourth-order valence-electron chi connectivity index (χ4n) is 4.22. The van der Waals surface area contributed by atoms with Gasteiger partial charge in [-0.2, -0.15) is 0 Å². The number of rotatable bonds is 8. The van der Waals surface area contributed by atoms with Gasteiger partial charge in [-0.3, -0.25) is 9.69 Å². The molecule has 36 heavy (non-hydrogen) atoms. The van der Waals surface area contributed by atoms with E-state index in [4.69, 9.17) is 0 Å². The van der Waals surface area contributed by atoms with Crippen LogP contribution in [-0.4, -0.2) is 30.1 Å². The quantitative estimate of drug-likeness (QED) is 0.353. The number of hydrogen-bond acceptors (Lipinski definition) is 5. The molecule has 0 bridgehead atoms. The summed E-state index contributed by atoms with van der Waals surface area (Å²) in [6.07, 6.45) is 0. The second kappa shape index (κ2) is 10.2. The highest BCUT2D eigenvalue weighted by atomic mass is 19.1. The fraction of sp³-hybridized carbons (Fsp3) is 0.185. The van der Waals surface area contributed by atoms with Crippen LogP contribution in [0, 0.1) is 18.6 Å². The third-order valence-electron chi connectivity index (χ3n) is 6.10. The van der Waals surface area contributed by atoms with Crippen LogP contribution >= 0.6 is 0 Å². The summed E-state index contributed by atoms with van der Waals surface area (Å²) >= 11 is 0. The highest BCUT2D eigenvalue weighted by Gasteiger charge is 2.16. The van der Waals surface area contributed by atoms with E-state index in [9.17, 15) is 13.6 Å². The van der Waals surface area contributed by atoms with Crippen LogP contribution in [0.5, 0.6) is 0 Å². The van der Waals surface area contributed by atoms with Gasteiger partial charge in [0.1, 0.15) is 11.6 Å². The maximum atomic E-state index is 13.5. The summed E-state index contributed by atoms with van der Waals surface area (Å²) < 4.78 is 28.4. The monoisotopic (exact) mass is 486 g/mol. The van der Waals surface area contributed by atoms with Crippen molar-refractivity contribution in [2.45, 2.75) is 33.1 Å². The second-order valence-corrected chi connectivity index (χ2v) is 8.81. The third-order valence-corrected chi connectivity index (χ3v) is 6.10. The number of H-pyrrole nitrogens is 1. The van der Waals surface area contributed by atoms with Gasteiger partial charge in [-0.05, 0) is 69.8 Å². The highest BCUT2D eigenvalue weighted by Crippen LogP contribution is 2.18. The van der Waals surface area contributed by atoms with Crippen LogP contribution in [-0.2, 0) is 26.2 Å². The van der Waals surface area contributed by atoms with E-state index < -0.39 is 0 Å². The maximum absolute atomic E-state index is 13.5. The highest BCUT2D eigenvalue weighted by molar-refractivity contribution is 5.81. The standard InChI is InChI=1S/C27H24F2N6O/c1-18-3-2-4-21-13-22(27(36)30-26(18)21)16-34(14-19-5-9-23(28)10-6-19)17-25-31-32-33-35(25)15-20-7-11-24(29)12-8-20/h2-13H,14-17H2,1H3,(H,30,36). The number of fused-ring (bicyclic) bond motifs is 1. The van der Waals surface area contributed by atoms with Crippen LogP contribution in [0.4, 0.5) is 8.78 Å². The molecule has 5 rings (SSSR count). The number of aromatic amines is 1. The Labute approximate surface area is 206 Å². The van der Waals surface area contributed by atoms with Gasteiger partial charge in [0.2, 0.25) is 0 Å². The van der Waals surface area contributed by atoms with E-state index in [2.05, 4.69) is 20.5 Å². The van der Waals surface area contributed by atoms with Gasteiger partial charge in [0.05, 0.1) is 18.6 Å². The van der Waals surface area contributed by atoms with E-state index >= 15 is 0 Å². The zero-order valence-electron chi connectivity index (χ0n) is 19.7. The number of para-hydroxylation sites is 1. The lowest BCUT2D eigenvalue weighted by Crippen LogP contribution is -2.28. The molecule has 182 valence electrons. The average molecular weight is 487 g/mol. The SMILES string of the molecule is Cc1cccc2cc(CN(Cc3ccc(F)cc3)Cc3nnnn3Cc3ccc(F)cc3)c(=O)[nH]c12. The Morgan fingerprint density at radius 2 is 1.58 bits per heavy atom. The van der Waals surface area contributed by atoms with Crippen LogP contribution in [0.15, 0.2) is 77.6 Å². The molecular weight excluding hydrogens is 462 g/mol. The van der Waals surface area contributed by atoms with Gasteiger partial charge in [-0.15, -0.1) is 5.10 Å². The Kier molecular flexibility index (Phi) is 6.64. The minimum Gasteiger partial charge on any atom is -0.321 e. The molecular formula is C27H24F2N6O. The van der Waals surface area contributed by atoms with Crippen LogP contribution in [0.25, 0.3) is 10.9 Å². The van der Waals surface area contributed by atoms with Gasteiger partial charge < -0.3 is 4.98 Å². The van der Waals surface area contributed by atoms with Gasteiger partial charge in [-0.1, -0.05) is 42.5 Å². The lowest BCUT2D eigenvalue weighted by Gasteiger charge is -2.22. The summed E-state index contributed by atoms with van der Waals surface area (Å²) in [5.41, 5.74) is 4.01. The molecule has 0 saturated carbocycles. The number of benzene rings is 3. The van der Waals surface area contributed by atoms with E-state index in [1.54, 1.807) is 28.9 Å². The Balaban J connectivity index is 1.44. The molecule has 3 aromatic carbocycles. The van der Waals surface area contributed by atoms with Crippen LogP contribution in [0.1, 0.15) is 28.1 Å². The number of pyridine rings is 1. The minimum atomic E-state index is -0.310. The second-order valence-electron chi connectivity index (χ2n) is 8.81. The van der Waals surface area contributed by atoms with Crippen molar-refractivity contribution in [3.05, 3.63) is 123 Å². The molecule has 0 saturated heterocycles. The molecule has 0 radical (unpaired) electrons. The molecule has 0 aliphatic heterocycles. The molecule has 7 nitrogen and oxygen atoms in total. The van der Waals surface area contributed by atoms with Crippen molar-refractivity contribution in [2.24, 2.45) is 0 Å². The summed E-state index contributed by atoms with van der Waals surface area (Å²) in [5, 5.41) is 13.1. The Hall–Kier alpha value is -4.24. The molecule has 2 heterocycles. The Morgan fingerprint density at radius 1 is 0.889 bits per heavy atom. The maximum Gasteiger partial charge on any atom is 0.252 e. The normalized spacial score (nSPS) is 11.4. The average Bonchev–Trinajstić information content (AvgIpc) is 3.29. The van der Waals surface area contributed by atoms with E-state index in [0.717, 1.165) is 27.6 Å². The van der Waals surface area contributed by atoms with Crippen LogP contribution in [0.3, 0.4) is 0 Å². The Morgan fingerprint density at radius 3 is 2.31 bits per heavy atom. The van der Waals surface area contributed by atoms with Crippen molar-refractivity contribution < 1.29 is 8.78 Å². The third kappa shape index (κ3) is 5.36. The van der Waals surface area contributed by atoms with Crippen LogP contribution in [0.2, 0.25) is 0 Å². The van der Waals surface area contributed by atoms with E-state index in [1.807, 2.05) is 36.1 Å². The van der Waals surface area contributed by atoms with Crippen molar-refractivity contribution in [3.8, 4) is 0 Å². The number of halogens is 2. The molecule has 0 aliphatic rings.